The van der Waals surface area contributed by atoms with E-state index in [0.29, 0.717) is 29.9 Å². The minimum absolute atomic E-state index is 0.0471. The fourth-order valence-corrected chi connectivity index (χ4v) is 6.44. The number of ether oxygens (including phenoxy) is 1. The predicted molar refractivity (Wildman–Crippen MR) is 179 cm³/mol. The number of nitrogens with zero attached hydrogens (tertiary/aromatic N) is 3. The number of benzene rings is 2. The standard InChI is InChI=1S/C37H49FN4O4/c1-9-46-33(43)19-31(30-18-28(16-26(7)35(30)38)34-24(5)11-10-12-25(34)6)39-36(44)32(15-22(2)3)42-37(45)27(8)17-29(40-42)13-14-41-20-23(4)21-41/h10-12,16-18,22-23,31-32H,9,13-15,19-21H2,1-8H3,(H,39,44)/t31-,32-/m0/s1. The molecule has 0 saturated carbocycles. The van der Waals surface area contributed by atoms with E-state index in [9.17, 15) is 14.4 Å². The molecule has 2 heterocycles. The van der Waals surface area contributed by atoms with E-state index in [2.05, 4.69) is 22.2 Å². The van der Waals surface area contributed by atoms with E-state index in [1.807, 2.05) is 45.9 Å². The summed E-state index contributed by atoms with van der Waals surface area (Å²) in [6.07, 6.45) is 0.725. The average molecular weight is 633 g/mol. The molecule has 248 valence electrons. The molecule has 0 spiro atoms. The number of likely N-dealkylation sites (tertiary alicyclic amines) is 1. The third-order valence-corrected chi connectivity index (χ3v) is 8.70. The molecule has 3 aromatic rings. The van der Waals surface area contributed by atoms with Crippen molar-refractivity contribution in [3.8, 4) is 11.1 Å². The number of rotatable bonds is 13. The second kappa shape index (κ2) is 15.2. The Morgan fingerprint density at radius 2 is 1.72 bits per heavy atom. The highest BCUT2D eigenvalue weighted by Gasteiger charge is 2.31. The highest BCUT2D eigenvalue weighted by Crippen LogP contribution is 2.34. The molecule has 0 bridgehead atoms. The number of hydrogen-bond donors (Lipinski definition) is 1. The number of aromatic nitrogens is 2. The van der Waals surface area contributed by atoms with Crippen LogP contribution in [-0.4, -0.2) is 52.8 Å². The van der Waals surface area contributed by atoms with Crippen LogP contribution in [0.2, 0.25) is 0 Å². The topological polar surface area (TPSA) is 93.5 Å². The maximum absolute atomic E-state index is 16.0. The summed E-state index contributed by atoms with van der Waals surface area (Å²) in [6, 6.07) is 9.29. The van der Waals surface area contributed by atoms with E-state index in [0.717, 1.165) is 47.6 Å². The molecule has 1 aliphatic rings. The summed E-state index contributed by atoms with van der Waals surface area (Å²) >= 11 is 0. The van der Waals surface area contributed by atoms with E-state index in [1.54, 1.807) is 39.0 Å². The van der Waals surface area contributed by atoms with E-state index in [-0.39, 0.29) is 30.1 Å². The molecule has 2 aromatic carbocycles. The number of hydrogen-bond acceptors (Lipinski definition) is 6. The lowest BCUT2D eigenvalue weighted by atomic mass is 9.90. The Labute approximate surface area is 272 Å². The number of amides is 1. The number of halogens is 1. The van der Waals surface area contributed by atoms with Crippen LogP contribution in [0.25, 0.3) is 11.1 Å². The van der Waals surface area contributed by atoms with Gasteiger partial charge in [0.15, 0.2) is 0 Å². The maximum Gasteiger partial charge on any atom is 0.308 e. The second-order valence-electron chi connectivity index (χ2n) is 13.4. The largest absolute Gasteiger partial charge is 0.466 e. The molecule has 1 aliphatic heterocycles. The number of nitrogens with one attached hydrogen (secondary N) is 1. The van der Waals surface area contributed by atoms with Crippen LogP contribution in [0.1, 0.15) is 86.1 Å². The quantitative estimate of drug-likeness (QED) is 0.227. The average Bonchev–Trinajstić information content (AvgIpc) is 2.96. The van der Waals surface area contributed by atoms with Crippen molar-refractivity contribution in [1.82, 2.24) is 20.0 Å². The molecule has 9 heteroatoms. The van der Waals surface area contributed by atoms with Crippen molar-refractivity contribution in [2.24, 2.45) is 11.8 Å². The molecular formula is C37H49FN4O4. The minimum Gasteiger partial charge on any atom is -0.466 e. The Kier molecular flexibility index (Phi) is 11.5. The monoisotopic (exact) mass is 632 g/mol. The number of esters is 1. The summed E-state index contributed by atoms with van der Waals surface area (Å²) in [7, 11) is 0. The lowest BCUT2D eigenvalue weighted by Gasteiger charge is -2.37. The SMILES string of the molecule is CCOC(=O)C[C@H](NC(=O)[C@H](CC(C)C)n1nc(CCN2CC(C)C2)cc(C)c1=O)c1cc(-c2c(C)cccc2C)cc(C)c1F. The summed E-state index contributed by atoms with van der Waals surface area (Å²) in [4.78, 5) is 42.8. The Morgan fingerprint density at radius 1 is 1.04 bits per heavy atom. The maximum atomic E-state index is 16.0. The van der Waals surface area contributed by atoms with E-state index in [4.69, 9.17) is 4.74 Å². The molecule has 1 fully saturated rings. The first-order valence-electron chi connectivity index (χ1n) is 16.4. The van der Waals surface area contributed by atoms with Crippen LogP contribution in [0.3, 0.4) is 0 Å². The lowest BCUT2D eigenvalue weighted by Crippen LogP contribution is -2.46. The first-order chi connectivity index (χ1) is 21.8. The van der Waals surface area contributed by atoms with Gasteiger partial charge in [-0.05, 0) is 98.9 Å². The molecule has 0 radical (unpaired) electrons. The first kappa shape index (κ1) is 35.0. The van der Waals surface area contributed by atoms with Gasteiger partial charge in [0, 0.05) is 37.2 Å². The van der Waals surface area contributed by atoms with Gasteiger partial charge in [0.1, 0.15) is 11.9 Å². The first-order valence-corrected chi connectivity index (χ1v) is 16.4. The highest BCUT2D eigenvalue weighted by molar-refractivity contribution is 5.82. The Bertz CT molecular complexity index is 1610. The molecular weight excluding hydrogens is 583 g/mol. The molecule has 46 heavy (non-hydrogen) atoms. The van der Waals surface area contributed by atoms with Crippen LogP contribution in [0.4, 0.5) is 4.39 Å². The van der Waals surface area contributed by atoms with Gasteiger partial charge in [-0.3, -0.25) is 14.4 Å². The molecule has 1 N–H and O–H groups in total. The van der Waals surface area contributed by atoms with Crippen molar-refractivity contribution in [2.45, 2.75) is 86.7 Å². The van der Waals surface area contributed by atoms with Gasteiger partial charge in [0.05, 0.1) is 24.8 Å². The van der Waals surface area contributed by atoms with Crippen LogP contribution < -0.4 is 10.9 Å². The van der Waals surface area contributed by atoms with Gasteiger partial charge in [0.2, 0.25) is 5.91 Å². The molecule has 8 nitrogen and oxygen atoms in total. The number of carbonyl (C=O) groups is 2. The Morgan fingerprint density at radius 3 is 2.33 bits per heavy atom. The van der Waals surface area contributed by atoms with E-state index in [1.165, 1.54) is 4.68 Å². The van der Waals surface area contributed by atoms with Gasteiger partial charge in [-0.2, -0.15) is 5.10 Å². The van der Waals surface area contributed by atoms with Crippen LogP contribution in [0, 0.1) is 45.3 Å². The molecule has 1 amide bonds. The summed E-state index contributed by atoms with van der Waals surface area (Å²) in [5, 5.41) is 7.64. The van der Waals surface area contributed by atoms with Crippen LogP contribution in [0.5, 0.6) is 0 Å². The van der Waals surface area contributed by atoms with Crippen molar-refractivity contribution in [3.05, 3.63) is 86.1 Å². The van der Waals surface area contributed by atoms with Crippen molar-refractivity contribution in [1.29, 1.82) is 0 Å². The van der Waals surface area contributed by atoms with Crippen molar-refractivity contribution in [3.63, 3.8) is 0 Å². The number of aryl methyl sites for hydroxylation is 4. The van der Waals surface area contributed by atoms with Gasteiger partial charge < -0.3 is 15.0 Å². The van der Waals surface area contributed by atoms with Gasteiger partial charge >= 0.3 is 5.97 Å². The smallest absolute Gasteiger partial charge is 0.308 e. The van der Waals surface area contributed by atoms with E-state index < -0.39 is 29.8 Å². The van der Waals surface area contributed by atoms with Crippen molar-refractivity contribution < 1.29 is 18.7 Å². The molecule has 4 rings (SSSR count). The van der Waals surface area contributed by atoms with E-state index >= 15 is 4.39 Å². The fourth-order valence-electron chi connectivity index (χ4n) is 6.44. The molecule has 0 aliphatic carbocycles. The second-order valence-corrected chi connectivity index (χ2v) is 13.4. The van der Waals surface area contributed by atoms with Crippen LogP contribution in [0.15, 0.2) is 41.2 Å². The van der Waals surface area contributed by atoms with Gasteiger partial charge in [0.25, 0.3) is 5.56 Å². The molecule has 0 unspecified atom stereocenters. The van der Waals surface area contributed by atoms with Crippen molar-refractivity contribution in [2.75, 3.05) is 26.2 Å². The lowest BCUT2D eigenvalue weighted by molar-refractivity contribution is -0.144. The zero-order valence-corrected chi connectivity index (χ0v) is 28.6. The zero-order valence-electron chi connectivity index (χ0n) is 28.6. The fraction of sp³-hybridized carbons (Fsp3) is 0.514. The summed E-state index contributed by atoms with van der Waals surface area (Å²) in [6.45, 7) is 18.3. The summed E-state index contributed by atoms with van der Waals surface area (Å²) < 4.78 is 22.5. The van der Waals surface area contributed by atoms with Gasteiger partial charge in [-0.1, -0.05) is 39.0 Å². The predicted octanol–water partition coefficient (Wildman–Crippen LogP) is 6.18. The highest BCUT2D eigenvalue weighted by atomic mass is 19.1. The third-order valence-electron chi connectivity index (χ3n) is 8.70. The zero-order chi connectivity index (χ0) is 33.7. The molecule has 2 atom stereocenters. The summed E-state index contributed by atoms with van der Waals surface area (Å²) in [5.74, 6) is -0.832. The van der Waals surface area contributed by atoms with Gasteiger partial charge in [-0.25, -0.2) is 9.07 Å². The van der Waals surface area contributed by atoms with Gasteiger partial charge in [-0.15, -0.1) is 0 Å². The Hall–Kier alpha value is -3.85. The van der Waals surface area contributed by atoms with Crippen LogP contribution in [-0.2, 0) is 20.7 Å². The molecule has 1 aromatic heterocycles. The molecule has 1 saturated heterocycles. The summed E-state index contributed by atoms with van der Waals surface area (Å²) in [5.41, 5.74) is 5.33. The minimum atomic E-state index is -1.03. The number of carbonyl (C=O) groups excluding carboxylic acids is 2. The van der Waals surface area contributed by atoms with Crippen molar-refractivity contribution >= 4 is 11.9 Å². The van der Waals surface area contributed by atoms with Crippen LogP contribution >= 0.6 is 0 Å². The third kappa shape index (κ3) is 8.29. The normalized spacial score (nSPS) is 15.0. The Balaban J connectivity index is 1.73.